The molecule has 0 aliphatic rings. The minimum absolute atomic E-state index is 0.446. The molecule has 1 aromatic rings. The van der Waals surface area contributed by atoms with Gasteiger partial charge in [0.25, 0.3) is 0 Å². The summed E-state index contributed by atoms with van der Waals surface area (Å²) in [6.45, 7) is 4.26. The van der Waals surface area contributed by atoms with Crippen molar-refractivity contribution in [3.63, 3.8) is 0 Å². The highest BCUT2D eigenvalue weighted by molar-refractivity contribution is 6.32. The maximum atomic E-state index is 10.0. The highest BCUT2D eigenvalue weighted by Gasteiger charge is 2.13. The Morgan fingerprint density at radius 1 is 1.44 bits per heavy atom. The molecule has 0 fully saturated rings. The minimum Gasteiger partial charge on any atom is -0.495 e. The van der Waals surface area contributed by atoms with Crippen molar-refractivity contribution in [3.05, 3.63) is 28.8 Å². The molecule has 90 valence electrons. The van der Waals surface area contributed by atoms with Gasteiger partial charge < -0.3 is 9.84 Å². The lowest BCUT2D eigenvalue weighted by molar-refractivity contribution is 0.146. The van der Waals surface area contributed by atoms with Crippen molar-refractivity contribution in [2.24, 2.45) is 5.92 Å². The van der Waals surface area contributed by atoms with E-state index in [9.17, 15) is 5.11 Å². The van der Waals surface area contributed by atoms with Gasteiger partial charge in [0.15, 0.2) is 0 Å². The highest BCUT2D eigenvalue weighted by atomic mass is 35.5. The number of aliphatic hydroxyl groups is 1. The molecule has 2 nitrogen and oxygen atoms in total. The average Bonchev–Trinajstić information content (AvgIpc) is 2.28. The Morgan fingerprint density at radius 3 is 2.62 bits per heavy atom. The standard InChI is InChI=1S/C13H19ClO2/c1-4-9(2)7-12(15)10-5-6-13(16-3)11(14)8-10/h5-6,8-9,12,15H,4,7H2,1-3H3. The first-order valence-corrected chi connectivity index (χ1v) is 5.97. The summed E-state index contributed by atoms with van der Waals surface area (Å²) in [4.78, 5) is 0. The van der Waals surface area contributed by atoms with Gasteiger partial charge in [0.1, 0.15) is 5.75 Å². The summed E-state index contributed by atoms with van der Waals surface area (Å²) in [5.74, 6) is 1.15. The van der Waals surface area contributed by atoms with Crippen molar-refractivity contribution in [2.45, 2.75) is 32.8 Å². The quantitative estimate of drug-likeness (QED) is 0.851. The first-order valence-electron chi connectivity index (χ1n) is 5.60. The van der Waals surface area contributed by atoms with Gasteiger partial charge >= 0.3 is 0 Å². The Balaban J connectivity index is 2.76. The van der Waals surface area contributed by atoms with Gasteiger partial charge in [-0.1, -0.05) is 37.9 Å². The van der Waals surface area contributed by atoms with E-state index in [2.05, 4.69) is 13.8 Å². The number of rotatable bonds is 5. The fraction of sp³-hybridized carbons (Fsp3) is 0.538. The van der Waals surface area contributed by atoms with E-state index in [1.165, 1.54) is 0 Å². The van der Waals surface area contributed by atoms with Crippen LogP contribution in [0.1, 0.15) is 38.4 Å². The van der Waals surface area contributed by atoms with Crippen LogP contribution in [0.5, 0.6) is 5.75 Å². The van der Waals surface area contributed by atoms with Crippen LogP contribution in [-0.4, -0.2) is 12.2 Å². The molecule has 0 amide bonds. The maximum Gasteiger partial charge on any atom is 0.137 e. The normalized spacial score (nSPS) is 14.6. The van der Waals surface area contributed by atoms with Crippen molar-refractivity contribution in [3.8, 4) is 5.75 Å². The molecule has 0 radical (unpaired) electrons. The Morgan fingerprint density at radius 2 is 2.12 bits per heavy atom. The smallest absolute Gasteiger partial charge is 0.137 e. The fourth-order valence-electron chi connectivity index (χ4n) is 1.57. The molecule has 16 heavy (non-hydrogen) atoms. The lowest BCUT2D eigenvalue weighted by atomic mass is 9.96. The topological polar surface area (TPSA) is 29.5 Å². The number of hydrogen-bond donors (Lipinski definition) is 1. The molecule has 3 heteroatoms. The molecule has 1 aromatic carbocycles. The van der Waals surface area contributed by atoms with Gasteiger partial charge in [-0.2, -0.15) is 0 Å². The molecule has 0 saturated heterocycles. The van der Waals surface area contributed by atoms with Gasteiger partial charge in [0.2, 0.25) is 0 Å². The summed E-state index contributed by atoms with van der Waals surface area (Å²) in [5, 5.41) is 10.6. The van der Waals surface area contributed by atoms with E-state index in [1.54, 1.807) is 19.2 Å². The summed E-state index contributed by atoms with van der Waals surface area (Å²) in [6.07, 6.45) is 1.39. The van der Waals surface area contributed by atoms with E-state index in [0.29, 0.717) is 16.7 Å². The van der Waals surface area contributed by atoms with Gasteiger partial charge in [0.05, 0.1) is 18.2 Å². The van der Waals surface area contributed by atoms with Crippen LogP contribution in [0.15, 0.2) is 18.2 Å². The maximum absolute atomic E-state index is 10.0. The SMILES string of the molecule is CCC(C)CC(O)c1ccc(OC)c(Cl)c1. The molecule has 0 aliphatic heterocycles. The molecule has 0 spiro atoms. The van der Waals surface area contributed by atoms with Crippen LogP contribution in [0.25, 0.3) is 0 Å². The third-order valence-corrected chi connectivity index (χ3v) is 3.18. The second-order valence-electron chi connectivity index (χ2n) is 4.16. The summed E-state index contributed by atoms with van der Waals surface area (Å²) >= 11 is 6.01. The van der Waals surface area contributed by atoms with Crippen LogP contribution >= 0.6 is 11.6 Å². The molecule has 0 aromatic heterocycles. The van der Waals surface area contributed by atoms with Gasteiger partial charge in [0, 0.05) is 0 Å². The molecule has 0 aliphatic carbocycles. The Labute approximate surface area is 102 Å². The van der Waals surface area contributed by atoms with Gasteiger partial charge in [-0.3, -0.25) is 0 Å². The predicted octanol–water partition coefficient (Wildman–Crippen LogP) is 3.82. The van der Waals surface area contributed by atoms with Gasteiger partial charge in [-0.25, -0.2) is 0 Å². The van der Waals surface area contributed by atoms with Crippen LogP contribution in [0, 0.1) is 5.92 Å². The van der Waals surface area contributed by atoms with E-state index in [-0.39, 0.29) is 0 Å². The fourth-order valence-corrected chi connectivity index (χ4v) is 1.84. The number of benzene rings is 1. The number of methoxy groups -OCH3 is 1. The third-order valence-electron chi connectivity index (χ3n) is 2.88. The molecular formula is C13H19ClO2. The monoisotopic (exact) mass is 242 g/mol. The van der Waals surface area contributed by atoms with Crippen molar-refractivity contribution < 1.29 is 9.84 Å². The second kappa shape index (κ2) is 6.12. The molecule has 2 unspecified atom stereocenters. The van der Waals surface area contributed by atoms with E-state index in [4.69, 9.17) is 16.3 Å². The van der Waals surface area contributed by atoms with Crippen LogP contribution in [0.4, 0.5) is 0 Å². The zero-order chi connectivity index (χ0) is 12.1. The van der Waals surface area contributed by atoms with Crippen LogP contribution < -0.4 is 4.74 Å². The highest BCUT2D eigenvalue weighted by Crippen LogP contribution is 2.30. The summed E-state index contributed by atoms with van der Waals surface area (Å²) in [7, 11) is 1.58. The number of hydrogen-bond acceptors (Lipinski definition) is 2. The summed E-state index contributed by atoms with van der Waals surface area (Å²) in [5.41, 5.74) is 0.853. The Bertz CT molecular complexity index is 339. The lowest BCUT2D eigenvalue weighted by Gasteiger charge is -2.16. The Kier molecular flexibility index (Phi) is 5.10. The molecule has 2 atom stereocenters. The van der Waals surface area contributed by atoms with Gasteiger partial charge in [-0.15, -0.1) is 0 Å². The zero-order valence-electron chi connectivity index (χ0n) is 10.0. The average molecular weight is 243 g/mol. The molecule has 0 heterocycles. The number of ether oxygens (including phenoxy) is 1. The number of halogens is 1. The van der Waals surface area contributed by atoms with Crippen molar-refractivity contribution >= 4 is 11.6 Å². The van der Waals surface area contributed by atoms with E-state index in [0.717, 1.165) is 18.4 Å². The van der Waals surface area contributed by atoms with E-state index in [1.807, 2.05) is 6.07 Å². The lowest BCUT2D eigenvalue weighted by Crippen LogP contribution is -2.03. The largest absolute Gasteiger partial charge is 0.495 e. The molecular weight excluding hydrogens is 224 g/mol. The third kappa shape index (κ3) is 3.39. The van der Waals surface area contributed by atoms with Crippen molar-refractivity contribution in [2.75, 3.05) is 7.11 Å². The Hall–Kier alpha value is -0.730. The van der Waals surface area contributed by atoms with Gasteiger partial charge in [-0.05, 0) is 30.0 Å². The van der Waals surface area contributed by atoms with Crippen LogP contribution in [0.3, 0.4) is 0 Å². The molecule has 1 rings (SSSR count). The van der Waals surface area contributed by atoms with Crippen LogP contribution in [-0.2, 0) is 0 Å². The number of aliphatic hydroxyl groups excluding tert-OH is 1. The first-order chi connectivity index (χ1) is 7.58. The van der Waals surface area contributed by atoms with E-state index < -0.39 is 6.10 Å². The first kappa shape index (κ1) is 13.3. The molecule has 0 bridgehead atoms. The summed E-state index contributed by atoms with van der Waals surface area (Å²) < 4.78 is 5.07. The van der Waals surface area contributed by atoms with E-state index >= 15 is 0 Å². The van der Waals surface area contributed by atoms with Crippen LogP contribution in [0.2, 0.25) is 5.02 Å². The minimum atomic E-state index is -0.446. The summed E-state index contributed by atoms with van der Waals surface area (Å²) in [6, 6.07) is 5.42. The second-order valence-corrected chi connectivity index (χ2v) is 4.57. The molecule has 0 saturated carbocycles. The van der Waals surface area contributed by atoms with Crippen molar-refractivity contribution in [1.29, 1.82) is 0 Å². The predicted molar refractivity (Wildman–Crippen MR) is 67.0 cm³/mol. The molecule has 1 N–H and O–H groups in total. The van der Waals surface area contributed by atoms with Crippen molar-refractivity contribution in [1.82, 2.24) is 0 Å². The zero-order valence-corrected chi connectivity index (χ0v) is 10.8.